The largest absolute Gasteiger partial charge is 0.409 e. The maximum Gasteiger partial charge on any atom is 0.233 e. The molecule has 0 saturated carbocycles. The average Bonchev–Trinajstić information content (AvgIpc) is 2.42. The molecule has 1 unspecified atom stereocenters. The molecule has 0 fully saturated rings. The molecule has 0 saturated heterocycles. The molecule has 0 spiro atoms. The van der Waals surface area contributed by atoms with E-state index in [1.165, 1.54) is 0 Å². The van der Waals surface area contributed by atoms with Crippen LogP contribution in [-0.4, -0.2) is 62.2 Å². The Kier molecular flexibility index (Phi) is 8.09. The molecule has 0 aliphatic rings. The van der Waals surface area contributed by atoms with Gasteiger partial charge in [-0.1, -0.05) is 12.1 Å². The molecule has 0 bridgehead atoms. The molecule has 112 valence electrons. The molecule has 0 aliphatic carbocycles. The maximum atomic E-state index is 12.1. The number of ether oxygens (including phenoxy) is 1. The number of hydrogen-bond acceptors (Lipinski definition) is 5. The smallest absolute Gasteiger partial charge is 0.233 e. The van der Waals surface area contributed by atoms with Gasteiger partial charge in [-0.25, -0.2) is 0 Å². The first-order valence-corrected chi connectivity index (χ1v) is 6.36. The van der Waals surface area contributed by atoms with Crippen molar-refractivity contribution in [2.45, 2.75) is 20.3 Å². The van der Waals surface area contributed by atoms with Gasteiger partial charge >= 0.3 is 0 Å². The van der Waals surface area contributed by atoms with E-state index < -0.39 is 5.41 Å². The van der Waals surface area contributed by atoms with Gasteiger partial charge in [0.1, 0.15) is 5.41 Å². The zero-order chi connectivity index (χ0) is 14.9. The molecule has 7 nitrogen and oxygen atoms in total. The molecule has 0 heterocycles. The molecule has 0 aromatic rings. The monoisotopic (exact) mass is 274 g/mol. The Bertz CT molecular complexity index is 309. The van der Waals surface area contributed by atoms with Crippen LogP contribution in [0, 0.1) is 5.41 Å². The van der Waals surface area contributed by atoms with Gasteiger partial charge in [0, 0.05) is 26.7 Å². The van der Waals surface area contributed by atoms with Gasteiger partial charge < -0.3 is 25.9 Å². The van der Waals surface area contributed by atoms with Crippen molar-refractivity contribution in [2.75, 3.05) is 40.4 Å². The van der Waals surface area contributed by atoms with Gasteiger partial charge in [0.25, 0.3) is 0 Å². The Morgan fingerprint density at radius 3 is 2.63 bits per heavy atom. The second kappa shape index (κ2) is 8.71. The lowest BCUT2D eigenvalue weighted by molar-refractivity contribution is -0.127. The summed E-state index contributed by atoms with van der Waals surface area (Å²) in [4.78, 5) is 14.1. The fourth-order valence-corrected chi connectivity index (χ4v) is 1.48. The number of nitrogens with one attached hydrogen (secondary N) is 1. The van der Waals surface area contributed by atoms with Crippen LogP contribution >= 0.6 is 0 Å². The van der Waals surface area contributed by atoms with Gasteiger partial charge in [-0.3, -0.25) is 4.79 Å². The van der Waals surface area contributed by atoms with Crippen LogP contribution in [0.5, 0.6) is 0 Å². The standard InChI is InChI=1S/C12H26N4O3/c1-5-12(2,10(13)15-18)11(17)14-6-7-16(3)8-9-19-4/h18H,5-9H2,1-4H3,(H2,13,15)(H,14,17). The summed E-state index contributed by atoms with van der Waals surface area (Å²) in [5.41, 5.74) is 4.60. The average molecular weight is 274 g/mol. The molecular weight excluding hydrogens is 248 g/mol. The van der Waals surface area contributed by atoms with Crippen molar-refractivity contribution < 1.29 is 14.7 Å². The van der Waals surface area contributed by atoms with Crippen molar-refractivity contribution in [1.29, 1.82) is 0 Å². The summed E-state index contributed by atoms with van der Waals surface area (Å²) in [7, 11) is 3.60. The highest BCUT2D eigenvalue weighted by Crippen LogP contribution is 2.21. The molecule has 0 radical (unpaired) electrons. The number of likely N-dealkylation sites (N-methyl/N-ethyl adjacent to an activating group) is 1. The van der Waals surface area contributed by atoms with E-state index in [0.29, 0.717) is 26.1 Å². The molecule has 0 aromatic heterocycles. The molecule has 0 rings (SSSR count). The van der Waals surface area contributed by atoms with E-state index in [-0.39, 0.29) is 11.7 Å². The number of rotatable bonds is 9. The Hall–Kier alpha value is -1.34. The minimum Gasteiger partial charge on any atom is -0.409 e. The Balaban J connectivity index is 4.23. The highest BCUT2D eigenvalue weighted by Gasteiger charge is 2.36. The van der Waals surface area contributed by atoms with Crippen molar-refractivity contribution in [2.24, 2.45) is 16.3 Å². The van der Waals surface area contributed by atoms with E-state index in [4.69, 9.17) is 15.7 Å². The fraction of sp³-hybridized carbons (Fsp3) is 0.833. The normalized spacial score (nSPS) is 15.3. The van der Waals surface area contributed by atoms with Crippen LogP contribution in [0.1, 0.15) is 20.3 Å². The van der Waals surface area contributed by atoms with E-state index in [0.717, 1.165) is 6.54 Å². The first kappa shape index (κ1) is 17.7. The summed E-state index contributed by atoms with van der Waals surface area (Å²) in [6.07, 6.45) is 0.467. The molecule has 4 N–H and O–H groups in total. The third kappa shape index (κ3) is 5.44. The zero-order valence-corrected chi connectivity index (χ0v) is 12.3. The molecule has 0 aromatic carbocycles. The predicted octanol–water partition coefficient (Wildman–Crippen LogP) is -0.156. The second-order valence-electron chi connectivity index (χ2n) is 4.72. The third-order valence-corrected chi connectivity index (χ3v) is 3.34. The Morgan fingerprint density at radius 2 is 2.16 bits per heavy atom. The summed E-state index contributed by atoms with van der Waals surface area (Å²) in [5, 5.41) is 14.5. The predicted molar refractivity (Wildman–Crippen MR) is 74.2 cm³/mol. The minimum absolute atomic E-state index is 0.0692. The summed E-state index contributed by atoms with van der Waals surface area (Å²) in [5.74, 6) is -0.300. The number of methoxy groups -OCH3 is 1. The Morgan fingerprint density at radius 1 is 1.53 bits per heavy atom. The number of carbonyl (C=O) groups is 1. The van der Waals surface area contributed by atoms with E-state index >= 15 is 0 Å². The first-order valence-electron chi connectivity index (χ1n) is 6.36. The topological polar surface area (TPSA) is 100 Å². The van der Waals surface area contributed by atoms with E-state index in [2.05, 4.69) is 15.4 Å². The van der Waals surface area contributed by atoms with Crippen LogP contribution in [0.3, 0.4) is 0 Å². The number of amides is 1. The van der Waals surface area contributed by atoms with Crippen molar-refractivity contribution in [1.82, 2.24) is 10.2 Å². The molecule has 19 heavy (non-hydrogen) atoms. The van der Waals surface area contributed by atoms with Gasteiger partial charge in [0.2, 0.25) is 5.91 Å². The van der Waals surface area contributed by atoms with Gasteiger partial charge in [-0.05, 0) is 20.4 Å². The molecule has 0 aliphatic heterocycles. The van der Waals surface area contributed by atoms with E-state index in [9.17, 15) is 4.79 Å². The lowest BCUT2D eigenvalue weighted by atomic mass is 9.85. The number of nitrogens with two attached hydrogens (primary N) is 1. The SMILES string of the molecule is CCC(C)(C(=O)NCCN(C)CCOC)C(N)=NO. The van der Waals surface area contributed by atoms with Crippen molar-refractivity contribution in [3.63, 3.8) is 0 Å². The lowest BCUT2D eigenvalue weighted by Gasteiger charge is -2.26. The summed E-state index contributed by atoms with van der Waals surface area (Å²) >= 11 is 0. The van der Waals surface area contributed by atoms with Crippen LogP contribution < -0.4 is 11.1 Å². The van der Waals surface area contributed by atoms with Crippen LogP contribution in [-0.2, 0) is 9.53 Å². The van der Waals surface area contributed by atoms with Gasteiger partial charge in [0.05, 0.1) is 6.61 Å². The van der Waals surface area contributed by atoms with Gasteiger partial charge in [-0.2, -0.15) is 0 Å². The number of nitrogens with zero attached hydrogens (tertiary/aromatic N) is 2. The number of hydrogen-bond donors (Lipinski definition) is 3. The molecular formula is C12H26N4O3. The quantitative estimate of drug-likeness (QED) is 0.235. The van der Waals surface area contributed by atoms with Gasteiger partial charge in [-0.15, -0.1) is 0 Å². The summed E-state index contributed by atoms with van der Waals surface area (Å²) in [6, 6.07) is 0. The highest BCUT2D eigenvalue weighted by molar-refractivity contribution is 6.06. The summed E-state index contributed by atoms with van der Waals surface area (Å²) in [6.45, 7) is 6.16. The van der Waals surface area contributed by atoms with Gasteiger partial charge in [0.15, 0.2) is 5.84 Å². The summed E-state index contributed by atoms with van der Waals surface area (Å²) < 4.78 is 4.97. The fourth-order valence-electron chi connectivity index (χ4n) is 1.48. The van der Waals surface area contributed by atoms with Crippen molar-refractivity contribution in [3.05, 3.63) is 0 Å². The van der Waals surface area contributed by atoms with Crippen LogP contribution in [0.2, 0.25) is 0 Å². The third-order valence-electron chi connectivity index (χ3n) is 3.34. The van der Waals surface area contributed by atoms with Crippen LogP contribution in [0.15, 0.2) is 5.16 Å². The zero-order valence-electron chi connectivity index (χ0n) is 12.3. The first-order chi connectivity index (χ1) is 8.92. The Labute approximate surface area is 114 Å². The highest BCUT2D eigenvalue weighted by atomic mass is 16.5. The second-order valence-corrected chi connectivity index (χ2v) is 4.72. The van der Waals surface area contributed by atoms with Crippen LogP contribution in [0.4, 0.5) is 0 Å². The molecule has 1 atom stereocenters. The molecule has 7 heteroatoms. The number of oxime groups is 1. The number of carbonyl (C=O) groups excluding carboxylic acids is 1. The lowest BCUT2D eigenvalue weighted by Crippen LogP contribution is -2.49. The number of amidine groups is 1. The molecule has 1 amide bonds. The van der Waals surface area contributed by atoms with Crippen LogP contribution in [0.25, 0.3) is 0 Å². The van der Waals surface area contributed by atoms with E-state index in [1.54, 1.807) is 14.0 Å². The minimum atomic E-state index is -0.972. The van der Waals surface area contributed by atoms with E-state index in [1.807, 2.05) is 14.0 Å². The maximum absolute atomic E-state index is 12.1. The van der Waals surface area contributed by atoms with Crippen molar-refractivity contribution >= 4 is 11.7 Å². The van der Waals surface area contributed by atoms with Crippen molar-refractivity contribution in [3.8, 4) is 0 Å².